The van der Waals surface area contributed by atoms with Crippen molar-refractivity contribution >= 4 is 11.9 Å². The van der Waals surface area contributed by atoms with Gasteiger partial charge in [0, 0.05) is 0 Å². The zero-order chi connectivity index (χ0) is 22.5. The van der Waals surface area contributed by atoms with E-state index in [2.05, 4.69) is 19.1 Å². The molecule has 1 unspecified atom stereocenters. The molecule has 2 N–H and O–H groups in total. The largest absolute Gasteiger partial charge is 0.481 e. The van der Waals surface area contributed by atoms with Crippen LogP contribution >= 0.6 is 0 Å². The third-order valence-electron chi connectivity index (χ3n) is 6.83. The second-order valence-corrected chi connectivity index (χ2v) is 9.07. The fraction of sp³-hybridized carbons (Fsp3) is 0.630. The van der Waals surface area contributed by atoms with Gasteiger partial charge in [-0.3, -0.25) is 9.59 Å². The molecule has 0 bridgehead atoms. The van der Waals surface area contributed by atoms with E-state index >= 15 is 0 Å². The highest BCUT2D eigenvalue weighted by Gasteiger charge is 2.38. The van der Waals surface area contributed by atoms with Gasteiger partial charge in [0.2, 0.25) is 0 Å². The Labute approximate surface area is 187 Å². The van der Waals surface area contributed by atoms with Crippen LogP contribution in [0.5, 0.6) is 0 Å². The van der Waals surface area contributed by atoms with Gasteiger partial charge in [-0.05, 0) is 55.9 Å². The third-order valence-corrected chi connectivity index (χ3v) is 6.83. The highest BCUT2D eigenvalue weighted by molar-refractivity contribution is 5.76. The van der Waals surface area contributed by atoms with Gasteiger partial charge < -0.3 is 10.2 Å². The molecule has 1 saturated carbocycles. The van der Waals surface area contributed by atoms with E-state index in [9.17, 15) is 19.8 Å². The lowest BCUT2D eigenvalue weighted by atomic mass is 9.84. The molecular weight excluding hydrogens is 388 g/mol. The predicted molar refractivity (Wildman–Crippen MR) is 125 cm³/mol. The number of allylic oxidation sites excluding steroid dienone is 2. The molecule has 0 aromatic heterocycles. The first-order valence-electron chi connectivity index (χ1n) is 12.2. The van der Waals surface area contributed by atoms with Crippen molar-refractivity contribution in [2.45, 2.75) is 89.9 Å². The minimum Gasteiger partial charge on any atom is -0.481 e. The third kappa shape index (κ3) is 8.51. The van der Waals surface area contributed by atoms with Crippen molar-refractivity contribution in [1.82, 2.24) is 0 Å². The molecule has 1 aromatic rings. The Kier molecular flexibility index (Phi) is 11.4. The van der Waals surface area contributed by atoms with Gasteiger partial charge in [0.15, 0.2) is 0 Å². The van der Waals surface area contributed by atoms with Crippen LogP contribution in [0.4, 0.5) is 0 Å². The standard InChI is InChI=1S/C27H40O4/c1-2-3-4-5-6-9-16-22-19-20-25(27(30)31)23(22)17-12-8-13-18-24(26(28)29)21-14-10-7-11-15-21/h7,9-11,14-16,22-25H,2-6,8,12-13,17-20H2,1H3,(H,28,29)(H,30,31)/t22-,23+,24?,25+/m0/s1. The first-order chi connectivity index (χ1) is 15.0. The van der Waals surface area contributed by atoms with Crippen LogP contribution in [0.3, 0.4) is 0 Å². The Morgan fingerprint density at radius 2 is 1.74 bits per heavy atom. The van der Waals surface area contributed by atoms with Crippen LogP contribution in [0, 0.1) is 17.8 Å². The molecule has 0 spiro atoms. The van der Waals surface area contributed by atoms with Gasteiger partial charge in [-0.2, -0.15) is 0 Å². The summed E-state index contributed by atoms with van der Waals surface area (Å²) < 4.78 is 0. The summed E-state index contributed by atoms with van der Waals surface area (Å²) in [5.74, 6) is -1.51. The SMILES string of the molecule is CCCCCCC=C[C@H]1CC[C@@H](C(=O)O)[C@@H]1CCCCCC(C(=O)O)c1ccccc1. The zero-order valence-electron chi connectivity index (χ0n) is 19.0. The quantitative estimate of drug-likeness (QED) is 0.232. The van der Waals surface area contributed by atoms with Gasteiger partial charge in [-0.25, -0.2) is 0 Å². The minimum absolute atomic E-state index is 0.216. The van der Waals surface area contributed by atoms with Gasteiger partial charge in [-0.1, -0.05) is 87.9 Å². The second kappa shape index (κ2) is 14.1. The molecule has 0 heterocycles. The van der Waals surface area contributed by atoms with Crippen molar-refractivity contribution in [1.29, 1.82) is 0 Å². The number of hydrogen-bond donors (Lipinski definition) is 2. The van der Waals surface area contributed by atoms with Gasteiger partial charge in [-0.15, -0.1) is 0 Å². The molecule has 31 heavy (non-hydrogen) atoms. The predicted octanol–water partition coefficient (Wildman–Crippen LogP) is 7.06. The topological polar surface area (TPSA) is 74.6 Å². The van der Waals surface area contributed by atoms with Crippen LogP contribution in [0.2, 0.25) is 0 Å². The van der Waals surface area contributed by atoms with Gasteiger partial charge >= 0.3 is 11.9 Å². The summed E-state index contributed by atoms with van der Waals surface area (Å²) in [6.07, 6.45) is 16.8. The van der Waals surface area contributed by atoms with Gasteiger partial charge in [0.05, 0.1) is 11.8 Å². The second-order valence-electron chi connectivity index (χ2n) is 9.07. The molecule has 0 aliphatic heterocycles. The van der Waals surface area contributed by atoms with Gasteiger partial charge in [0.25, 0.3) is 0 Å². The smallest absolute Gasteiger partial charge is 0.310 e. The number of benzene rings is 1. The Morgan fingerprint density at radius 1 is 1.00 bits per heavy atom. The van der Waals surface area contributed by atoms with E-state index in [-0.39, 0.29) is 11.8 Å². The molecule has 172 valence electrons. The Balaban J connectivity index is 1.79. The van der Waals surface area contributed by atoms with E-state index in [0.717, 1.165) is 50.5 Å². The maximum atomic E-state index is 11.7. The van der Waals surface area contributed by atoms with Crippen LogP contribution in [-0.2, 0) is 9.59 Å². The van der Waals surface area contributed by atoms with Crippen LogP contribution in [0.1, 0.15) is 95.5 Å². The molecule has 1 fully saturated rings. The average Bonchev–Trinajstić information content (AvgIpc) is 3.16. The summed E-state index contributed by atoms with van der Waals surface area (Å²) in [6, 6.07) is 9.44. The van der Waals surface area contributed by atoms with E-state index in [0.29, 0.717) is 12.3 Å². The fourth-order valence-corrected chi connectivity index (χ4v) is 5.04. The summed E-state index contributed by atoms with van der Waals surface area (Å²) >= 11 is 0. The lowest BCUT2D eigenvalue weighted by Crippen LogP contribution is -2.21. The molecule has 4 heteroatoms. The number of aliphatic carboxylic acids is 2. The van der Waals surface area contributed by atoms with E-state index in [4.69, 9.17) is 0 Å². The van der Waals surface area contributed by atoms with Crippen LogP contribution in [-0.4, -0.2) is 22.2 Å². The summed E-state index contributed by atoms with van der Waals surface area (Å²) in [5, 5.41) is 19.2. The number of unbranched alkanes of at least 4 members (excludes halogenated alkanes) is 6. The highest BCUT2D eigenvalue weighted by Crippen LogP contribution is 2.41. The fourth-order valence-electron chi connectivity index (χ4n) is 5.04. The maximum absolute atomic E-state index is 11.7. The number of carboxylic acids is 2. The van der Waals surface area contributed by atoms with Crippen molar-refractivity contribution in [2.75, 3.05) is 0 Å². The molecular formula is C27H40O4. The Hall–Kier alpha value is -2.10. The molecule has 1 aliphatic carbocycles. The van der Waals surface area contributed by atoms with E-state index < -0.39 is 17.9 Å². The van der Waals surface area contributed by atoms with Crippen molar-refractivity contribution in [3.8, 4) is 0 Å². The first-order valence-corrected chi connectivity index (χ1v) is 12.2. The lowest BCUT2D eigenvalue weighted by Gasteiger charge is -2.21. The Bertz CT molecular complexity index is 682. The molecule has 0 saturated heterocycles. The van der Waals surface area contributed by atoms with Gasteiger partial charge in [0.1, 0.15) is 0 Å². The van der Waals surface area contributed by atoms with Crippen molar-refractivity contribution < 1.29 is 19.8 Å². The molecule has 0 amide bonds. The molecule has 4 nitrogen and oxygen atoms in total. The maximum Gasteiger partial charge on any atom is 0.310 e. The normalized spacial score (nSPS) is 22.0. The zero-order valence-corrected chi connectivity index (χ0v) is 19.0. The first kappa shape index (κ1) is 25.2. The molecule has 0 radical (unpaired) electrons. The molecule has 2 rings (SSSR count). The van der Waals surface area contributed by atoms with E-state index in [1.165, 1.54) is 25.7 Å². The average molecular weight is 429 g/mol. The number of hydrogen-bond acceptors (Lipinski definition) is 2. The number of rotatable bonds is 15. The monoisotopic (exact) mass is 428 g/mol. The summed E-state index contributed by atoms with van der Waals surface area (Å²) in [4.78, 5) is 23.4. The Morgan fingerprint density at radius 3 is 2.42 bits per heavy atom. The minimum atomic E-state index is -0.767. The van der Waals surface area contributed by atoms with Crippen LogP contribution < -0.4 is 0 Å². The van der Waals surface area contributed by atoms with Crippen molar-refractivity contribution in [3.05, 3.63) is 48.0 Å². The summed E-state index contributed by atoms with van der Waals surface area (Å²) in [5.41, 5.74) is 0.862. The number of carboxylic acid groups (broad SMARTS) is 2. The van der Waals surface area contributed by atoms with Crippen molar-refractivity contribution in [3.63, 3.8) is 0 Å². The van der Waals surface area contributed by atoms with Crippen LogP contribution in [0.15, 0.2) is 42.5 Å². The lowest BCUT2D eigenvalue weighted by molar-refractivity contribution is -0.143. The molecule has 1 aliphatic rings. The van der Waals surface area contributed by atoms with E-state index in [1.54, 1.807) is 0 Å². The molecule has 1 aromatic carbocycles. The van der Waals surface area contributed by atoms with E-state index in [1.807, 2.05) is 30.3 Å². The highest BCUT2D eigenvalue weighted by atomic mass is 16.4. The van der Waals surface area contributed by atoms with Crippen molar-refractivity contribution in [2.24, 2.45) is 17.8 Å². The molecule has 4 atom stereocenters. The van der Waals surface area contributed by atoms with Crippen LogP contribution in [0.25, 0.3) is 0 Å². The summed E-state index contributed by atoms with van der Waals surface area (Å²) in [6.45, 7) is 2.22. The summed E-state index contributed by atoms with van der Waals surface area (Å²) in [7, 11) is 0. The number of carbonyl (C=O) groups is 2.